The number of fused-ring (bicyclic) bond motifs is 1. The number of nitrogens with two attached hydrogens (primary N) is 1. The summed E-state index contributed by atoms with van der Waals surface area (Å²) in [6.45, 7) is 1.13. The van der Waals surface area contributed by atoms with Crippen molar-refractivity contribution in [1.29, 1.82) is 0 Å². The summed E-state index contributed by atoms with van der Waals surface area (Å²) < 4.78 is 34.7. The number of carbonyl (C=O) groups is 2. The number of anilines is 1. The van der Waals surface area contributed by atoms with E-state index in [2.05, 4.69) is 15.6 Å². The van der Waals surface area contributed by atoms with Crippen LogP contribution in [0.1, 0.15) is 45.2 Å². The Morgan fingerprint density at radius 3 is 2.46 bits per heavy atom. The van der Waals surface area contributed by atoms with Crippen LogP contribution in [0.5, 0.6) is 34.5 Å². The molecule has 10 N–H and O–H groups in total. The Kier molecular flexibility index (Phi) is 12.4. The number of ether oxygens (including phenoxy) is 6. The molecule has 2 heterocycles. The van der Waals surface area contributed by atoms with Crippen LogP contribution in [0.4, 0.5) is 5.69 Å². The molecule has 0 amide bonds. The summed E-state index contributed by atoms with van der Waals surface area (Å²) in [5.74, 6) is -4.48. The first-order valence-corrected chi connectivity index (χ1v) is 17.0. The number of methoxy groups -OCH3 is 1. The van der Waals surface area contributed by atoms with Crippen LogP contribution in [0, 0.1) is 0 Å². The average Bonchev–Trinajstić information content (AvgIpc) is 3.15. The molecule has 5 atom stereocenters. The number of aliphatic hydroxyl groups is 3. The van der Waals surface area contributed by atoms with E-state index >= 15 is 0 Å². The summed E-state index contributed by atoms with van der Waals surface area (Å²) in [4.78, 5) is 29.5. The Morgan fingerprint density at radius 2 is 1.80 bits per heavy atom. The van der Waals surface area contributed by atoms with Gasteiger partial charge in [0.1, 0.15) is 36.1 Å². The Labute approximate surface area is 309 Å². The molecule has 0 aliphatic carbocycles. The molecule has 1 saturated heterocycles. The Morgan fingerprint density at radius 1 is 1.06 bits per heavy atom. The number of hydrogen-bond acceptors (Lipinski definition) is 15. The highest BCUT2D eigenvalue weighted by molar-refractivity contribution is 5.97. The largest absolute Gasteiger partial charge is 0.504 e. The van der Waals surface area contributed by atoms with Crippen molar-refractivity contribution in [3.05, 3.63) is 64.7 Å². The third-order valence-corrected chi connectivity index (χ3v) is 9.08. The molecular formula is C36H44N4O14. The summed E-state index contributed by atoms with van der Waals surface area (Å²) in [6, 6.07) is 11.8. The number of cyclic esters (lactones) is 1. The number of aliphatic imine (C=N–C) groups is 1. The number of phenols is 2. The van der Waals surface area contributed by atoms with Crippen molar-refractivity contribution in [2.45, 2.75) is 56.4 Å². The third-order valence-electron chi connectivity index (χ3n) is 9.08. The molecule has 2 aliphatic rings. The van der Waals surface area contributed by atoms with Crippen molar-refractivity contribution in [2.24, 2.45) is 10.7 Å². The van der Waals surface area contributed by atoms with Gasteiger partial charge in [-0.3, -0.25) is 4.99 Å². The highest BCUT2D eigenvalue weighted by atomic mass is 16.7. The molecule has 5 rings (SSSR count). The number of aromatic hydroxyl groups is 2. The van der Waals surface area contributed by atoms with Crippen molar-refractivity contribution >= 4 is 23.6 Å². The van der Waals surface area contributed by atoms with Gasteiger partial charge < -0.3 is 75.4 Å². The molecule has 18 nitrogen and oxygen atoms in total. The van der Waals surface area contributed by atoms with Gasteiger partial charge in [0.05, 0.1) is 25.0 Å². The number of hydrogen-bond donors (Lipinski definition) is 9. The van der Waals surface area contributed by atoms with E-state index in [9.17, 15) is 40.2 Å². The number of aliphatic hydroxyl groups excluding tert-OH is 3. The first-order valence-electron chi connectivity index (χ1n) is 17.0. The van der Waals surface area contributed by atoms with E-state index < -0.39 is 66.0 Å². The van der Waals surface area contributed by atoms with Gasteiger partial charge in [0.25, 0.3) is 0 Å². The Bertz CT molecular complexity index is 1860. The van der Waals surface area contributed by atoms with Crippen molar-refractivity contribution in [1.82, 2.24) is 5.32 Å². The maximum Gasteiger partial charge on any atom is 0.342 e. The van der Waals surface area contributed by atoms with E-state index in [1.807, 2.05) is 30.3 Å². The average molecular weight is 757 g/mol. The number of esters is 1. The molecule has 0 radical (unpaired) electrons. The van der Waals surface area contributed by atoms with Crippen LogP contribution in [-0.2, 0) is 22.3 Å². The van der Waals surface area contributed by atoms with Crippen molar-refractivity contribution in [2.75, 3.05) is 46.0 Å². The van der Waals surface area contributed by atoms with E-state index in [0.717, 1.165) is 5.56 Å². The number of guanidine groups is 1. The Balaban J connectivity index is 1.46. The number of nitrogens with zero attached hydrogens (tertiary/aromatic N) is 1. The molecule has 18 heteroatoms. The van der Waals surface area contributed by atoms with Gasteiger partial charge in [-0.05, 0) is 25.3 Å². The SMILES string of the molecule is CCNc1cc(OC2OC3(CCc4c(OC)c(O)c(OCCc5ccccc5)c(O)c4C(=O)OC3)C(O)C(O)C2O)c(OCNC(N)=NC)cc1C(=O)O. The number of carbonyl (C=O) groups excluding carboxylic acids is 1. The standard InChI is InChI=1S/C36H44N4O14/c1-4-39-21-15-23(22(14-20(21)32(46)47)52-17-40-35(37)38-2)53-34-27(43)26(42)31(45)36(54-34)12-10-19-24(33(48)51-16-36)25(41)30(28(44)29(19)49-3)50-13-11-18-8-6-5-7-9-18/h5-9,14-15,26-27,31,34,39,41-45H,4,10-13,16-17H2,1-3H3,(H,46,47)(H3,37,38,40). The van der Waals surface area contributed by atoms with Crippen LogP contribution in [0.15, 0.2) is 47.5 Å². The lowest BCUT2D eigenvalue weighted by Crippen LogP contribution is -2.67. The molecule has 0 bridgehead atoms. The molecule has 5 unspecified atom stereocenters. The van der Waals surface area contributed by atoms with Gasteiger partial charge in [0.2, 0.25) is 17.8 Å². The minimum atomic E-state index is -1.93. The van der Waals surface area contributed by atoms with Crippen LogP contribution in [-0.4, -0.2) is 119 Å². The molecule has 1 fully saturated rings. The number of carboxylic acids is 1. The summed E-state index contributed by atoms with van der Waals surface area (Å²) in [6.07, 6.45) is -7.40. The molecule has 3 aromatic carbocycles. The maximum absolute atomic E-state index is 13.6. The lowest BCUT2D eigenvalue weighted by Gasteiger charge is -2.48. The van der Waals surface area contributed by atoms with Crippen LogP contribution in [0.25, 0.3) is 0 Å². The first kappa shape index (κ1) is 39.5. The van der Waals surface area contributed by atoms with Gasteiger partial charge in [-0.25, -0.2) is 9.59 Å². The topological polar surface area (TPSA) is 273 Å². The minimum Gasteiger partial charge on any atom is -0.504 e. The van der Waals surface area contributed by atoms with Crippen LogP contribution < -0.4 is 35.3 Å². The second-order valence-corrected chi connectivity index (χ2v) is 12.4. The van der Waals surface area contributed by atoms with Crippen LogP contribution in [0.3, 0.4) is 0 Å². The lowest BCUT2D eigenvalue weighted by atomic mass is 9.81. The zero-order valence-electron chi connectivity index (χ0n) is 29.8. The van der Waals surface area contributed by atoms with Crippen molar-refractivity contribution in [3.8, 4) is 34.5 Å². The number of phenolic OH excluding ortho intramolecular Hbond substituents is 2. The van der Waals surface area contributed by atoms with Gasteiger partial charge in [-0.1, -0.05) is 30.3 Å². The van der Waals surface area contributed by atoms with E-state index in [1.54, 1.807) is 6.92 Å². The van der Waals surface area contributed by atoms with E-state index in [4.69, 9.17) is 34.2 Å². The normalized spacial score (nSPS) is 22.6. The fourth-order valence-corrected chi connectivity index (χ4v) is 6.25. The number of carboxylic acid groups (broad SMARTS) is 1. The summed E-state index contributed by atoms with van der Waals surface area (Å²) in [7, 11) is 2.68. The third kappa shape index (κ3) is 8.10. The smallest absolute Gasteiger partial charge is 0.342 e. The number of benzene rings is 3. The lowest BCUT2D eigenvalue weighted by molar-refractivity contribution is -0.320. The van der Waals surface area contributed by atoms with Crippen LogP contribution >= 0.6 is 0 Å². The second-order valence-electron chi connectivity index (χ2n) is 12.4. The molecule has 2 aliphatic heterocycles. The van der Waals surface area contributed by atoms with Gasteiger partial charge >= 0.3 is 11.9 Å². The van der Waals surface area contributed by atoms with E-state index in [-0.39, 0.29) is 71.8 Å². The molecule has 3 aromatic rings. The number of aromatic carboxylic acids is 1. The minimum absolute atomic E-state index is 0.00140. The summed E-state index contributed by atoms with van der Waals surface area (Å²) in [5, 5.41) is 71.3. The van der Waals surface area contributed by atoms with Crippen molar-refractivity contribution in [3.63, 3.8) is 0 Å². The quantitative estimate of drug-likeness (QED) is 0.0511. The predicted octanol–water partition coefficient (Wildman–Crippen LogP) is 1.09. The molecule has 1 spiro atoms. The first-order chi connectivity index (χ1) is 25.8. The van der Waals surface area contributed by atoms with Gasteiger partial charge in [-0.15, -0.1) is 0 Å². The molecule has 54 heavy (non-hydrogen) atoms. The fraction of sp³-hybridized carbons (Fsp3) is 0.417. The number of rotatable bonds is 13. The second kappa shape index (κ2) is 17.0. The monoisotopic (exact) mass is 756 g/mol. The molecular weight excluding hydrogens is 712 g/mol. The highest BCUT2D eigenvalue weighted by Gasteiger charge is 2.56. The predicted molar refractivity (Wildman–Crippen MR) is 191 cm³/mol. The zero-order chi connectivity index (χ0) is 39.2. The summed E-state index contributed by atoms with van der Waals surface area (Å²) in [5.41, 5.74) is 4.29. The fourth-order valence-electron chi connectivity index (χ4n) is 6.25. The van der Waals surface area contributed by atoms with Gasteiger partial charge in [0, 0.05) is 37.7 Å². The zero-order valence-corrected chi connectivity index (χ0v) is 29.8. The van der Waals surface area contributed by atoms with Gasteiger partial charge in [0.15, 0.2) is 35.7 Å². The highest BCUT2D eigenvalue weighted by Crippen LogP contribution is 2.51. The molecule has 0 aromatic heterocycles. The van der Waals surface area contributed by atoms with E-state index in [0.29, 0.717) is 13.0 Å². The van der Waals surface area contributed by atoms with Gasteiger partial charge in [-0.2, -0.15) is 0 Å². The molecule has 0 saturated carbocycles. The molecule has 292 valence electrons. The van der Waals surface area contributed by atoms with Crippen molar-refractivity contribution < 1.29 is 68.6 Å². The maximum atomic E-state index is 13.6. The van der Waals surface area contributed by atoms with E-state index in [1.165, 1.54) is 26.3 Å². The number of nitrogens with one attached hydrogen (secondary N) is 2. The summed E-state index contributed by atoms with van der Waals surface area (Å²) >= 11 is 0. The van der Waals surface area contributed by atoms with Crippen LogP contribution in [0.2, 0.25) is 0 Å². The Hall–Kier alpha value is -5.69.